The zero-order valence-electron chi connectivity index (χ0n) is 42.6. The smallest absolute Gasteiger partial charge is 0.431 e. The number of hydrogen-bond donors (Lipinski definition) is 0. The van der Waals surface area contributed by atoms with Gasteiger partial charge >= 0.3 is 72.6 Å². The Kier molecular flexibility index (Phi) is 32.9. The standard InChI is InChI=1S/C14H18F10O6.C14H16F10O5.C12H14F8O4.2CH4/c1-25-5-28-9(13(19,20)21)11(15,16)7-3-27-4-8(30-7)12(17,18)10(14(22,23)24)29-6-26-2;1-3-27-9(13(19,20)21)11(15,16)7-4-26-5-8(29-7)12(17,18)10(14(22,23)24)28-6-25-2;1-6(11(15,16)17)7(21)24-9(2,3)10(13,14)8(12(18,19)20)23-5-22-4;;/h7-10H,3-6H2,1-2H3;3,7-10H,1,4-6H2,2H3;8H,1,5H2,2-4H3;2*1H4. The second-order valence-corrected chi connectivity index (χ2v) is 16.7. The van der Waals surface area contributed by atoms with E-state index in [-0.39, 0.29) is 21.1 Å². The number of esters is 1. The van der Waals surface area contributed by atoms with E-state index in [0.29, 0.717) is 13.8 Å². The number of carbonyl (C=O) groups is 1. The van der Waals surface area contributed by atoms with Gasteiger partial charge < -0.3 is 66.3 Å². The van der Waals surface area contributed by atoms with Crippen LogP contribution in [0.1, 0.15) is 28.7 Å². The van der Waals surface area contributed by atoms with Crippen LogP contribution in [-0.2, 0) is 71.1 Å². The van der Waals surface area contributed by atoms with E-state index < -0.39 is 192 Å². The first-order valence-electron chi connectivity index (χ1n) is 21.5. The van der Waals surface area contributed by atoms with Crippen molar-refractivity contribution in [2.45, 2.75) is 156 Å². The molecule has 0 aromatic rings. The van der Waals surface area contributed by atoms with Crippen LogP contribution in [0.3, 0.4) is 0 Å². The molecule has 2 fully saturated rings. The first-order chi connectivity index (χ1) is 37.2. The Bertz CT molecular complexity index is 1920. The molecule has 0 aliphatic carbocycles. The fraction of sp³-hybridized carbons (Fsp3) is 0.881. The summed E-state index contributed by atoms with van der Waals surface area (Å²) in [6.07, 6.45) is -64.9. The maximum Gasteiger partial charge on any atom is 0.431 e. The average Bonchev–Trinajstić information content (AvgIpc) is 2.91. The van der Waals surface area contributed by atoms with Gasteiger partial charge in [0.25, 0.3) is 6.10 Å². The number of methoxy groups -OCH3 is 4. The van der Waals surface area contributed by atoms with E-state index in [1.807, 2.05) is 0 Å². The van der Waals surface area contributed by atoms with Gasteiger partial charge in [0.15, 0.2) is 5.60 Å². The molecule has 2 rings (SSSR count). The third-order valence-corrected chi connectivity index (χ3v) is 10.0. The molecule has 9 atom stereocenters. The van der Waals surface area contributed by atoms with Gasteiger partial charge in [0.05, 0.1) is 32.7 Å². The Hall–Kier alpha value is -3.69. The minimum absolute atomic E-state index is 0. The summed E-state index contributed by atoms with van der Waals surface area (Å²) < 4.78 is 430. The third kappa shape index (κ3) is 24.0. The summed E-state index contributed by atoms with van der Waals surface area (Å²) in [6.45, 7) is -4.54. The van der Waals surface area contributed by atoms with Crippen LogP contribution >= 0.6 is 0 Å². The lowest BCUT2D eigenvalue weighted by molar-refractivity contribution is -0.364. The summed E-state index contributed by atoms with van der Waals surface area (Å²) in [4.78, 5) is 11.2. The number of halogens is 28. The predicted octanol–water partition coefficient (Wildman–Crippen LogP) is 11.7. The highest BCUT2D eigenvalue weighted by Gasteiger charge is 2.70. The lowest BCUT2D eigenvalue weighted by atomic mass is 9.94. The molecule has 0 spiro atoms. The van der Waals surface area contributed by atoms with Crippen LogP contribution < -0.4 is 0 Å². The Morgan fingerprint density at radius 1 is 0.447 bits per heavy atom. The van der Waals surface area contributed by atoms with Gasteiger partial charge in [-0.1, -0.05) is 28.0 Å². The summed E-state index contributed by atoms with van der Waals surface area (Å²) in [7, 11) is 3.36. The predicted molar refractivity (Wildman–Crippen MR) is 225 cm³/mol. The minimum atomic E-state index is -5.70. The molecule has 85 heavy (non-hydrogen) atoms. The fourth-order valence-electron chi connectivity index (χ4n) is 6.10. The van der Waals surface area contributed by atoms with Crippen LogP contribution in [0, 0.1) is 0 Å². The van der Waals surface area contributed by atoms with E-state index in [1.165, 1.54) is 0 Å². The van der Waals surface area contributed by atoms with Crippen molar-refractivity contribution in [2.24, 2.45) is 0 Å². The molecular weight excluding hydrogens is 1280 g/mol. The van der Waals surface area contributed by atoms with Gasteiger partial charge in [-0.2, -0.15) is 96.6 Å². The Labute approximate surface area is 463 Å². The summed E-state index contributed by atoms with van der Waals surface area (Å²) in [6, 6.07) is 0. The van der Waals surface area contributed by atoms with Gasteiger partial charge in [0, 0.05) is 28.4 Å². The highest BCUT2D eigenvalue weighted by atomic mass is 19.4. The molecule has 510 valence electrons. The largest absolute Gasteiger partial charge is 0.483 e. The quantitative estimate of drug-likeness (QED) is 0.0266. The van der Waals surface area contributed by atoms with Crippen molar-refractivity contribution in [1.29, 1.82) is 0 Å². The molecule has 0 N–H and O–H groups in total. The van der Waals surface area contributed by atoms with Gasteiger partial charge in [-0.3, -0.25) is 0 Å². The van der Waals surface area contributed by atoms with E-state index >= 15 is 0 Å². The molecule has 0 bridgehead atoms. The molecule has 2 heterocycles. The van der Waals surface area contributed by atoms with E-state index in [2.05, 4.69) is 79.5 Å². The van der Waals surface area contributed by atoms with Gasteiger partial charge in [-0.05, 0) is 13.8 Å². The first kappa shape index (κ1) is 85.5. The van der Waals surface area contributed by atoms with Crippen molar-refractivity contribution >= 4 is 5.97 Å². The number of ether oxygens (including phenoxy) is 14. The highest BCUT2D eigenvalue weighted by molar-refractivity contribution is 5.89. The second-order valence-electron chi connectivity index (χ2n) is 16.7. The summed E-state index contributed by atoms with van der Waals surface area (Å²) in [5.41, 5.74) is -5.45. The highest BCUT2D eigenvalue weighted by Crippen LogP contribution is 2.47. The lowest BCUT2D eigenvalue weighted by Crippen LogP contribution is -2.63. The van der Waals surface area contributed by atoms with Gasteiger partial charge in [0.1, 0.15) is 57.2 Å². The average molecular weight is 1330 g/mol. The zero-order chi connectivity index (χ0) is 65.6. The van der Waals surface area contributed by atoms with Crippen molar-refractivity contribution in [1.82, 2.24) is 0 Å². The summed E-state index contributed by atoms with van der Waals surface area (Å²) >= 11 is 0. The fourth-order valence-corrected chi connectivity index (χ4v) is 6.10. The van der Waals surface area contributed by atoms with Crippen LogP contribution in [0.25, 0.3) is 0 Å². The van der Waals surface area contributed by atoms with Crippen LogP contribution in [0.5, 0.6) is 0 Å². The maximum absolute atomic E-state index is 14.4. The van der Waals surface area contributed by atoms with Crippen molar-refractivity contribution in [3.8, 4) is 0 Å². The van der Waals surface area contributed by atoms with Crippen molar-refractivity contribution in [3.05, 3.63) is 25.0 Å². The van der Waals surface area contributed by atoms with Crippen LogP contribution in [0.4, 0.5) is 123 Å². The van der Waals surface area contributed by atoms with E-state index in [1.54, 1.807) is 0 Å². The number of rotatable bonds is 26. The topological polar surface area (TPSA) is 146 Å². The zero-order valence-corrected chi connectivity index (χ0v) is 42.6. The van der Waals surface area contributed by atoms with Gasteiger partial charge in [0.2, 0.25) is 24.4 Å². The van der Waals surface area contributed by atoms with Crippen molar-refractivity contribution in [3.63, 3.8) is 0 Å². The molecule has 43 heteroatoms. The van der Waals surface area contributed by atoms with Gasteiger partial charge in [-0.25, -0.2) is 31.1 Å². The monoisotopic (exact) mass is 1330 g/mol. The van der Waals surface area contributed by atoms with Gasteiger partial charge in [-0.15, -0.1) is 0 Å². The molecule has 2 aliphatic rings. The molecule has 0 aromatic carbocycles. The summed E-state index contributed by atoms with van der Waals surface area (Å²) in [5.74, 6) is -27.3. The molecule has 0 aromatic heterocycles. The first-order valence-corrected chi connectivity index (χ1v) is 21.5. The van der Waals surface area contributed by atoms with E-state index in [0.717, 1.165) is 28.4 Å². The van der Waals surface area contributed by atoms with E-state index in [4.69, 9.17) is 0 Å². The number of alkyl halides is 28. The van der Waals surface area contributed by atoms with Crippen LogP contribution in [-0.4, -0.2) is 215 Å². The van der Waals surface area contributed by atoms with Crippen LogP contribution in [0.2, 0.25) is 0 Å². The summed E-state index contributed by atoms with van der Waals surface area (Å²) in [5, 5.41) is 0. The molecule has 15 nitrogen and oxygen atoms in total. The SMILES string of the molecule is C.C.C=C(C(=O)OC(C)(C)C(F)(F)C(OCOC)C(F)(F)F)C(F)(F)F.C=COC(C(F)(F)F)C(F)(F)C1COCC(C(F)(F)C(OCOC)C(F)(F)F)O1.COCOC(C(F)(F)F)C(F)(F)C1COCC(C(F)(F)C(OCOC)C(F)(F)F)O1. The molecule has 2 aliphatic heterocycles. The normalized spacial score (nSPS) is 21.0. The second kappa shape index (κ2) is 32.7. The molecule has 0 amide bonds. The molecule has 9 unspecified atom stereocenters. The number of hydrogen-bond acceptors (Lipinski definition) is 15. The Morgan fingerprint density at radius 2 is 0.682 bits per heavy atom. The van der Waals surface area contributed by atoms with E-state index in [9.17, 15) is 128 Å². The Morgan fingerprint density at radius 3 is 0.894 bits per heavy atom. The minimum Gasteiger partial charge on any atom is -0.483 e. The molecule has 0 radical (unpaired) electrons. The van der Waals surface area contributed by atoms with Crippen molar-refractivity contribution in [2.75, 3.05) is 82.0 Å². The Balaban J connectivity index is -0.00000118. The van der Waals surface area contributed by atoms with Crippen LogP contribution in [0.15, 0.2) is 25.0 Å². The molecule has 0 saturated carbocycles. The molecule has 2 saturated heterocycles. The molecular formula is C42H56F28O15. The maximum atomic E-state index is 14.4. The third-order valence-electron chi connectivity index (χ3n) is 10.0. The number of carbonyl (C=O) groups excluding carboxylic acids is 1. The van der Waals surface area contributed by atoms with Crippen molar-refractivity contribution < 1.29 is 194 Å². The lowest BCUT2D eigenvalue weighted by Gasteiger charge is -2.41.